The van der Waals surface area contributed by atoms with Gasteiger partial charge in [0.25, 0.3) is 5.91 Å². The molecule has 0 saturated heterocycles. The standard InChI is InChI=1S/C21H28N2O3S/c1-6-23(15-17-7-11-19(12-8-17)22(4)5)21(24)18-9-13-20(14-10-18)27(25,26)16(2)3/h7-14,16H,6,15H2,1-5H3. The number of rotatable bonds is 7. The maximum absolute atomic E-state index is 12.8. The number of sulfone groups is 1. The van der Waals surface area contributed by atoms with Crippen molar-refractivity contribution in [3.8, 4) is 0 Å². The first-order valence-electron chi connectivity index (χ1n) is 9.06. The Morgan fingerprint density at radius 3 is 1.96 bits per heavy atom. The average molecular weight is 389 g/mol. The van der Waals surface area contributed by atoms with E-state index in [1.54, 1.807) is 30.9 Å². The second-order valence-corrected chi connectivity index (χ2v) is 9.50. The molecule has 0 aliphatic heterocycles. The molecule has 0 fully saturated rings. The molecule has 0 heterocycles. The van der Waals surface area contributed by atoms with Crippen LogP contribution < -0.4 is 4.90 Å². The van der Waals surface area contributed by atoms with Crippen LogP contribution >= 0.6 is 0 Å². The Labute approximate surface area is 162 Å². The molecule has 2 rings (SSSR count). The summed E-state index contributed by atoms with van der Waals surface area (Å²) in [6, 6.07) is 14.3. The van der Waals surface area contributed by atoms with E-state index >= 15 is 0 Å². The molecule has 27 heavy (non-hydrogen) atoms. The lowest BCUT2D eigenvalue weighted by Gasteiger charge is -2.22. The van der Waals surface area contributed by atoms with Crippen LogP contribution in [0.25, 0.3) is 0 Å². The highest BCUT2D eigenvalue weighted by atomic mass is 32.2. The van der Waals surface area contributed by atoms with Crippen LogP contribution in [0.1, 0.15) is 36.7 Å². The molecule has 0 aliphatic rings. The summed E-state index contributed by atoms with van der Waals surface area (Å²) in [6.07, 6.45) is 0. The highest BCUT2D eigenvalue weighted by Crippen LogP contribution is 2.19. The van der Waals surface area contributed by atoms with E-state index in [-0.39, 0.29) is 10.8 Å². The number of benzene rings is 2. The van der Waals surface area contributed by atoms with Gasteiger partial charge in [-0.3, -0.25) is 4.79 Å². The van der Waals surface area contributed by atoms with Crippen molar-refractivity contribution >= 4 is 21.4 Å². The lowest BCUT2D eigenvalue weighted by Crippen LogP contribution is -2.30. The second-order valence-electron chi connectivity index (χ2n) is 7.00. The van der Waals surface area contributed by atoms with E-state index in [0.29, 0.717) is 18.7 Å². The maximum atomic E-state index is 12.8. The topological polar surface area (TPSA) is 57.7 Å². The number of amides is 1. The first-order valence-corrected chi connectivity index (χ1v) is 10.6. The number of hydrogen-bond donors (Lipinski definition) is 0. The van der Waals surface area contributed by atoms with Crippen LogP contribution in [-0.4, -0.2) is 45.1 Å². The number of carbonyl (C=O) groups excluding carboxylic acids is 1. The first kappa shape index (κ1) is 21.0. The number of hydrogen-bond acceptors (Lipinski definition) is 4. The van der Waals surface area contributed by atoms with Crippen molar-refractivity contribution in [2.45, 2.75) is 37.5 Å². The Balaban J connectivity index is 2.16. The zero-order chi connectivity index (χ0) is 20.2. The van der Waals surface area contributed by atoms with Crippen molar-refractivity contribution in [3.63, 3.8) is 0 Å². The fraction of sp³-hybridized carbons (Fsp3) is 0.381. The second kappa shape index (κ2) is 8.57. The van der Waals surface area contributed by atoms with Crippen LogP contribution in [0.5, 0.6) is 0 Å². The molecule has 0 unspecified atom stereocenters. The quantitative estimate of drug-likeness (QED) is 0.727. The third kappa shape index (κ3) is 4.89. The van der Waals surface area contributed by atoms with E-state index in [0.717, 1.165) is 11.3 Å². The summed E-state index contributed by atoms with van der Waals surface area (Å²) >= 11 is 0. The van der Waals surface area contributed by atoms with Crippen LogP contribution in [0.4, 0.5) is 5.69 Å². The molecule has 6 heteroatoms. The Bertz CT molecular complexity index is 871. The number of nitrogens with zero attached hydrogens (tertiary/aromatic N) is 2. The SMILES string of the molecule is CCN(Cc1ccc(N(C)C)cc1)C(=O)c1ccc(S(=O)(=O)C(C)C)cc1. The van der Waals surface area contributed by atoms with Crippen LogP contribution in [0.2, 0.25) is 0 Å². The van der Waals surface area contributed by atoms with Crippen molar-refractivity contribution in [2.24, 2.45) is 0 Å². The monoisotopic (exact) mass is 388 g/mol. The van der Waals surface area contributed by atoms with Gasteiger partial charge in [0, 0.05) is 38.4 Å². The number of anilines is 1. The molecule has 146 valence electrons. The molecule has 0 radical (unpaired) electrons. The van der Waals surface area contributed by atoms with Crippen molar-refractivity contribution in [3.05, 3.63) is 59.7 Å². The smallest absolute Gasteiger partial charge is 0.254 e. The first-order chi connectivity index (χ1) is 12.7. The van der Waals surface area contributed by atoms with Crippen molar-refractivity contribution in [1.29, 1.82) is 0 Å². The van der Waals surface area contributed by atoms with Gasteiger partial charge in [0.2, 0.25) is 0 Å². The van der Waals surface area contributed by atoms with E-state index in [1.165, 1.54) is 12.1 Å². The summed E-state index contributed by atoms with van der Waals surface area (Å²) in [5.74, 6) is -0.109. The minimum Gasteiger partial charge on any atom is -0.378 e. The molecule has 0 spiro atoms. The Morgan fingerprint density at radius 2 is 1.52 bits per heavy atom. The van der Waals surface area contributed by atoms with E-state index in [9.17, 15) is 13.2 Å². The van der Waals surface area contributed by atoms with Gasteiger partial charge in [-0.2, -0.15) is 0 Å². The van der Waals surface area contributed by atoms with Crippen molar-refractivity contribution < 1.29 is 13.2 Å². The Morgan fingerprint density at radius 1 is 0.963 bits per heavy atom. The predicted molar refractivity (Wildman–Crippen MR) is 110 cm³/mol. The summed E-state index contributed by atoms with van der Waals surface area (Å²) in [5, 5.41) is -0.490. The van der Waals surface area contributed by atoms with Gasteiger partial charge in [-0.1, -0.05) is 12.1 Å². The van der Waals surface area contributed by atoms with Crippen LogP contribution in [0.15, 0.2) is 53.4 Å². The van der Waals surface area contributed by atoms with Crippen LogP contribution in [0, 0.1) is 0 Å². The van der Waals surface area contributed by atoms with Gasteiger partial charge in [0.05, 0.1) is 10.1 Å². The molecule has 0 aromatic heterocycles. The molecule has 0 saturated carbocycles. The highest BCUT2D eigenvalue weighted by molar-refractivity contribution is 7.92. The van der Waals surface area contributed by atoms with E-state index in [1.807, 2.05) is 50.2 Å². The summed E-state index contributed by atoms with van der Waals surface area (Å²) in [6.45, 7) is 6.31. The lowest BCUT2D eigenvalue weighted by molar-refractivity contribution is 0.0752. The maximum Gasteiger partial charge on any atom is 0.254 e. The predicted octanol–water partition coefficient (Wildman–Crippen LogP) is 3.60. The molecule has 1 amide bonds. The van der Waals surface area contributed by atoms with Gasteiger partial charge < -0.3 is 9.80 Å². The summed E-state index contributed by atoms with van der Waals surface area (Å²) < 4.78 is 24.4. The molecule has 2 aromatic carbocycles. The van der Waals surface area contributed by atoms with Gasteiger partial charge in [0.1, 0.15) is 0 Å². The Hall–Kier alpha value is -2.34. The molecule has 5 nitrogen and oxygen atoms in total. The minimum absolute atomic E-state index is 0.109. The van der Waals surface area contributed by atoms with Gasteiger partial charge in [0.15, 0.2) is 9.84 Å². The van der Waals surface area contributed by atoms with Crippen molar-refractivity contribution in [2.75, 3.05) is 25.5 Å². The van der Waals surface area contributed by atoms with Gasteiger partial charge >= 0.3 is 0 Å². The lowest BCUT2D eigenvalue weighted by atomic mass is 10.1. The largest absolute Gasteiger partial charge is 0.378 e. The zero-order valence-corrected chi connectivity index (χ0v) is 17.5. The number of carbonyl (C=O) groups is 1. The summed E-state index contributed by atoms with van der Waals surface area (Å²) in [4.78, 5) is 16.8. The molecule has 0 bridgehead atoms. The van der Waals surface area contributed by atoms with Crippen LogP contribution in [-0.2, 0) is 16.4 Å². The fourth-order valence-electron chi connectivity index (χ4n) is 2.69. The molecule has 0 aliphatic carbocycles. The summed E-state index contributed by atoms with van der Waals surface area (Å²) in [5.41, 5.74) is 2.65. The molecule has 2 aromatic rings. The minimum atomic E-state index is -3.33. The Kier molecular flexibility index (Phi) is 6.65. The van der Waals surface area contributed by atoms with Gasteiger partial charge in [-0.15, -0.1) is 0 Å². The molecule has 0 N–H and O–H groups in total. The van der Waals surface area contributed by atoms with E-state index in [4.69, 9.17) is 0 Å². The molecular formula is C21H28N2O3S. The van der Waals surface area contributed by atoms with E-state index in [2.05, 4.69) is 0 Å². The average Bonchev–Trinajstić information content (AvgIpc) is 2.65. The zero-order valence-electron chi connectivity index (χ0n) is 16.6. The summed E-state index contributed by atoms with van der Waals surface area (Å²) in [7, 11) is 0.639. The normalized spacial score (nSPS) is 11.5. The van der Waals surface area contributed by atoms with Crippen LogP contribution in [0.3, 0.4) is 0 Å². The molecular weight excluding hydrogens is 360 g/mol. The highest BCUT2D eigenvalue weighted by Gasteiger charge is 2.20. The molecule has 0 atom stereocenters. The van der Waals surface area contributed by atoms with Gasteiger partial charge in [-0.25, -0.2) is 8.42 Å². The fourth-order valence-corrected chi connectivity index (χ4v) is 3.75. The van der Waals surface area contributed by atoms with Gasteiger partial charge in [-0.05, 0) is 62.7 Å². The van der Waals surface area contributed by atoms with Crippen molar-refractivity contribution in [1.82, 2.24) is 4.90 Å². The third-order valence-corrected chi connectivity index (χ3v) is 6.72. The third-order valence-electron chi connectivity index (χ3n) is 4.55. The van der Waals surface area contributed by atoms with E-state index < -0.39 is 15.1 Å².